The van der Waals surface area contributed by atoms with Crippen LogP contribution in [0.2, 0.25) is 0 Å². The van der Waals surface area contributed by atoms with Crippen molar-refractivity contribution in [2.75, 3.05) is 23.8 Å². The molecule has 0 saturated carbocycles. The fourth-order valence-corrected chi connectivity index (χ4v) is 2.81. The van der Waals surface area contributed by atoms with Gasteiger partial charge in [-0.15, -0.1) is 0 Å². The Hall–Kier alpha value is -1.78. The van der Waals surface area contributed by atoms with Crippen molar-refractivity contribution in [3.05, 3.63) is 18.6 Å². The van der Waals surface area contributed by atoms with Gasteiger partial charge in [0.25, 0.3) is 0 Å². The molecule has 5 nitrogen and oxygen atoms in total. The highest BCUT2D eigenvalue weighted by atomic mass is 15.3. The van der Waals surface area contributed by atoms with E-state index in [4.69, 9.17) is 4.98 Å². The summed E-state index contributed by atoms with van der Waals surface area (Å²) in [5, 5.41) is 3.13. The van der Waals surface area contributed by atoms with Gasteiger partial charge in [-0.2, -0.15) is 0 Å². The van der Waals surface area contributed by atoms with Gasteiger partial charge in [0.2, 0.25) is 0 Å². The molecule has 0 aromatic carbocycles. The Morgan fingerprint density at radius 1 is 1.32 bits per heavy atom. The molecular formula is C14H21N5. The van der Waals surface area contributed by atoms with Crippen LogP contribution in [0, 0.1) is 5.92 Å². The maximum atomic E-state index is 4.73. The molecule has 1 aliphatic rings. The third-order valence-electron chi connectivity index (χ3n) is 4.00. The lowest BCUT2D eigenvalue weighted by Gasteiger charge is -2.37. The summed E-state index contributed by atoms with van der Waals surface area (Å²) in [7, 11) is 1.90. The first-order chi connectivity index (χ1) is 9.19. The molecule has 2 unspecified atom stereocenters. The molecular weight excluding hydrogens is 238 g/mol. The molecule has 3 rings (SSSR count). The Balaban J connectivity index is 2.09. The van der Waals surface area contributed by atoms with Gasteiger partial charge in [0.1, 0.15) is 5.82 Å². The summed E-state index contributed by atoms with van der Waals surface area (Å²) in [4.78, 5) is 11.6. The van der Waals surface area contributed by atoms with Crippen LogP contribution in [0.1, 0.15) is 26.7 Å². The summed E-state index contributed by atoms with van der Waals surface area (Å²) in [6.07, 6.45) is 8.30. The fraction of sp³-hybridized carbons (Fsp3) is 0.571. The standard InChI is InChI=1S/C14H21N5/c1-10-4-5-11(2)19(8-10)14-13-16-6-7-18(13)9-12(15-3)17-14/h6-7,9-11,15H,4-5,8H2,1-3H3. The average Bonchev–Trinajstić information content (AvgIpc) is 2.88. The molecule has 5 heteroatoms. The molecule has 0 radical (unpaired) electrons. The van der Waals surface area contributed by atoms with Crippen LogP contribution in [0.15, 0.2) is 18.6 Å². The van der Waals surface area contributed by atoms with Crippen LogP contribution in [-0.4, -0.2) is 34.0 Å². The molecule has 1 N–H and O–H groups in total. The SMILES string of the molecule is CNc1cn2ccnc2c(N2CC(C)CCC2C)n1. The summed E-state index contributed by atoms with van der Waals surface area (Å²) in [6.45, 7) is 5.65. The van der Waals surface area contributed by atoms with E-state index in [1.807, 2.05) is 30.0 Å². The number of nitrogens with one attached hydrogen (secondary N) is 1. The van der Waals surface area contributed by atoms with Gasteiger partial charge in [-0.25, -0.2) is 9.97 Å². The molecule has 0 aliphatic carbocycles. The van der Waals surface area contributed by atoms with Crippen molar-refractivity contribution in [2.45, 2.75) is 32.7 Å². The normalized spacial score (nSPS) is 23.8. The predicted molar refractivity (Wildman–Crippen MR) is 77.7 cm³/mol. The van der Waals surface area contributed by atoms with Crippen LogP contribution in [-0.2, 0) is 0 Å². The zero-order valence-corrected chi connectivity index (χ0v) is 11.8. The van der Waals surface area contributed by atoms with E-state index >= 15 is 0 Å². The van der Waals surface area contributed by atoms with Gasteiger partial charge in [0.05, 0.1) is 6.20 Å². The van der Waals surface area contributed by atoms with Gasteiger partial charge in [-0.3, -0.25) is 0 Å². The molecule has 19 heavy (non-hydrogen) atoms. The van der Waals surface area contributed by atoms with Crippen molar-refractivity contribution in [2.24, 2.45) is 5.92 Å². The number of nitrogens with zero attached hydrogens (tertiary/aromatic N) is 4. The van der Waals surface area contributed by atoms with Crippen molar-refractivity contribution < 1.29 is 0 Å². The van der Waals surface area contributed by atoms with Gasteiger partial charge in [0.15, 0.2) is 11.5 Å². The first-order valence-corrected chi connectivity index (χ1v) is 6.97. The molecule has 0 spiro atoms. The van der Waals surface area contributed by atoms with E-state index in [0.29, 0.717) is 12.0 Å². The van der Waals surface area contributed by atoms with Gasteiger partial charge in [0, 0.05) is 32.0 Å². The Morgan fingerprint density at radius 2 is 2.16 bits per heavy atom. The number of imidazole rings is 1. The van der Waals surface area contributed by atoms with Crippen molar-refractivity contribution in [3.8, 4) is 0 Å². The highest BCUT2D eigenvalue weighted by Gasteiger charge is 2.26. The zero-order chi connectivity index (χ0) is 13.4. The Morgan fingerprint density at radius 3 is 2.95 bits per heavy atom. The lowest BCUT2D eigenvalue weighted by Crippen LogP contribution is -2.42. The van der Waals surface area contributed by atoms with E-state index < -0.39 is 0 Å². The summed E-state index contributed by atoms with van der Waals surface area (Å²) in [6, 6.07) is 0.524. The van der Waals surface area contributed by atoms with Crippen LogP contribution >= 0.6 is 0 Å². The van der Waals surface area contributed by atoms with Gasteiger partial charge < -0.3 is 14.6 Å². The summed E-state index contributed by atoms with van der Waals surface area (Å²) in [5.41, 5.74) is 0.944. The van der Waals surface area contributed by atoms with Crippen LogP contribution < -0.4 is 10.2 Å². The molecule has 1 aliphatic heterocycles. The minimum atomic E-state index is 0.524. The van der Waals surface area contributed by atoms with E-state index in [2.05, 4.69) is 29.0 Å². The Kier molecular flexibility index (Phi) is 3.05. The quantitative estimate of drug-likeness (QED) is 0.899. The summed E-state index contributed by atoms with van der Waals surface area (Å²) >= 11 is 0. The Bertz CT molecular complexity index is 576. The maximum Gasteiger partial charge on any atom is 0.180 e. The number of hydrogen-bond donors (Lipinski definition) is 1. The molecule has 2 aromatic heterocycles. The largest absolute Gasteiger partial charge is 0.372 e. The number of aromatic nitrogens is 3. The van der Waals surface area contributed by atoms with Crippen LogP contribution in [0.4, 0.5) is 11.6 Å². The minimum Gasteiger partial charge on any atom is -0.372 e. The van der Waals surface area contributed by atoms with Crippen LogP contribution in [0.3, 0.4) is 0 Å². The monoisotopic (exact) mass is 259 g/mol. The van der Waals surface area contributed by atoms with Crippen LogP contribution in [0.25, 0.3) is 5.65 Å². The molecule has 102 valence electrons. The maximum absolute atomic E-state index is 4.73. The third kappa shape index (κ3) is 2.13. The fourth-order valence-electron chi connectivity index (χ4n) is 2.81. The van der Waals surface area contributed by atoms with Gasteiger partial charge in [-0.1, -0.05) is 6.92 Å². The second-order valence-corrected chi connectivity index (χ2v) is 5.54. The molecule has 2 atom stereocenters. The first-order valence-electron chi connectivity index (χ1n) is 6.97. The first kappa shape index (κ1) is 12.3. The van der Waals surface area contributed by atoms with E-state index in [0.717, 1.165) is 23.8 Å². The summed E-state index contributed by atoms with van der Waals surface area (Å²) < 4.78 is 2.04. The minimum absolute atomic E-state index is 0.524. The zero-order valence-electron chi connectivity index (χ0n) is 11.8. The van der Waals surface area contributed by atoms with E-state index in [-0.39, 0.29) is 0 Å². The topological polar surface area (TPSA) is 45.5 Å². The number of piperidine rings is 1. The lowest BCUT2D eigenvalue weighted by atomic mass is 9.95. The molecule has 0 amide bonds. The number of rotatable bonds is 2. The van der Waals surface area contributed by atoms with Crippen molar-refractivity contribution in [1.29, 1.82) is 0 Å². The number of fused-ring (bicyclic) bond motifs is 1. The van der Waals surface area contributed by atoms with E-state index in [9.17, 15) is 0 Å². The third-order valence-corrected chi connectivity index (χ3v) is 4.00. The predicted octanol–water partition coefficient (Wildman–Crippen LogP) is 2.40. The van der Waals surface area contributed by atoms with Crippen molar-refractivity contribution >= 4 is 17.3 Å². The van der Waals surface area contributed by atoms with Gasteiger partial charge >= 0.3 is 0 Å². The van der Waals surface area contributed by atoms with Crippen LogP contribution in [0.5, 0.6) is 0 Å². The molecule has 0 bridgehead atoms. The molecule has 1 saturated heterocycles. The average molecular weight is 259 g/mol. The smallest absolute Gasteiger partial charge is 0.180 e. The Labute approximate surface area is 113 Å². The molecule has 3 heterocycles. The second kappa shape index (κ2) is 4.72. The van der Waals surface area contributed by atoms with Crippen molar-refractivity contribution in [3.63, 3.8) is 0 Å². The molecule has 2 aromatic rings. The number of hydrogen-bond acceptors (Lipinski definition) is 4. The number of anilines is 2. The van der Waals surface area contributed by atoms with E-state index in [1.54, 1.807) is 0 Å². The lowest BCUT2D eigenvalue weighted by molar-refractivity contribution is 0.388. The highest BCUT2D eigenvalue weighted by Crippen LogP contribution is 2.29. The van der Waals surface area contributed by atoms with Gasteiger partial charge in [-0.05, 0) is 25.7 Å². The molecule has 1 fully saturated rings. The second-order valence-electron chi connectivity index (χ2n) is 5.54. The van der Waals surface area contributed by atoms with E-state index in [1.165, 1.54) is 12.8 Å². The summed E-state index contributed by atoms with van der Waals surface area (Å²) in [5.74, 6) is 2.59. The highest BCUT2D eigenvalue weighted by molar-refractivity contribution is 5.67. The van der Waals surface area contributed by atoms with Crippen molar-refractivity contribution in [1.82, 2.24) is 14.4 Å².